The third-order valence-corrected chi connectivity index (χ3v) is 2.58. The Kier molecular flexibility index (Phi) is 9.59. The van der Waals surface area contributed by atoms with Gasteiger partial charge < -0.3 is 15.7 Å². The van der Waals surface area contributed by atoms with Crippen LogP contribution in [0.4, 0.5) is 4.79 Å². The maximum Gasteiger partial charge on any atom is 0.314 e. The first-order valence-corrected chi connectivity index (χ1v) is 6.24. The number of carbonyl (C=O) groups is 2. The van der Waals surface area contributed by atoms with Crippen molar-refractivity contribution in [3.8, 4) is 0 Å². The van der Waals surface area contributed by atoms with E-state index in [1.165, 1.54) is 0 Å². The van der Waals surface area contributed by atoms with Crippen molar-refractivity contribution >= 4 is 23.8 Å². The molecule has 0 saturated carbocycles. The Hall–Kier alpha value is -1.17. The van der Waals surface area contributed by atoms with E-state index in [9.17, 15) is 9.59 Å². The summed E-state index contributed by atoms with van der Waals surface area (Å²) in [6.45, 7) is 4.58. The van der Waals surface area contributed by atoms with Gasteiger partial charge in [-0.3, -0.25) is 4.79 Å². The number of carbonyl (C=O) groups excluding carboxylic acids is 1. The van der Waals surface area contributed by atoms with E-state index >= 15 is 0 Å². The molecular weight excluding hydrogens is 228 g/mol. The van der Waals surface area contributed by atoms with Gasteiger partial charge in [0.25, 0.3) is 0 Å². The quantitative estimate of drug-likeness (QED) is 0.420. The Morgan fingerprint density at radius 1 is 1.31 bits per heavy atom. The second-order valence-electron chi connectivity index (χ2n) is 3.04. The number of aliphatic carboxylic acids is 1. The molecule has 2 amide bonds. The molecule has 0 saturated heterocycles. The molecule has 5 nitrogen and oxygen atoms in total. The number of carboxylic acids is 1. The summed E-state index contributed by atoms with van der Waals surface area (Å²) in [6.07, 6.45) is 2.35. The van der Waals surface area contributed by atoms with E-state index in [4.69, 9.17) is 5.11 Å². The molecule has 0 fully saturated rings. The van der Waals surface area contributed by atoms with Crippen LogP contribution in [0.2, 0.25) is 0 Å². The van der Waals surface area contributed by atoms with Gasteiger partial charge in [0, 0.05) is 31.0 Å². The lowest BCUT2D eigenvalue weighted by Gasteiger charge is -2.06. The molecule has 0 heterocycles. The van der Waals surface area contributed by atoms with E-state index in [0.29, 0.717) is 19.5 Å². The molecule has 0 aromatic rings. The summed E-state index contributed by atoms with van der Waals surface area (Å²) in [5.41, 5.74) is 0. The highest BCUT2D eigenvalue weighted by Gasteiger charge is 2.00. The fraction of sp³-hybridized carbons (Fsp3) is 0.600. The molecule has 6 heteroatoms. The Morgan fingerprint density at radius 2 is 2.00 bits per heavy atom. The summed E-state index contributed by atoms with van der Waals surface area (Å²) in [6, 6.07) is -0.246. The SMILES string of the molecule is C=CCSCCNC(=O)NCCCC(=O)O. The average molecular weight is 246 g/mol. The first-order chi connectivity index (χ1) is 7.66. The number of amides is 2. The number of hydrogen-bond acceptors (Lipinski definition) is 3. The maximum atomic E-state index is 11.1. The van der Waals surface area contributed by atoms with Gasteiger partial charge in [-0.15, -0.1) is 6.58 Å². The molecule has 0 aromatic carbocycles. The van der Waals surface area contributed by atoms with Crippen molar-refractivity contribution in [2.24, 2.45) is 0 Å². The molecular formula is C10H18N2O3S. The van der Waals surface area contributed by atoms with E-state index in [1.807, 2.05) is 6.08 Å². The molecule has 0 aliphatic heterocycles. The van der Waals surface area contributed by atoms with Gasteiger partial charge in [0.15, 0.2) is 0 Å². The summed E-state index contributed by atoms with van der Waals surface area (Å²) in [5, 5.41) is 13.6. The van der Waals surface area contributed by atoms with E-state index in [-0.39, 0.29) is 12.5 Å². The van der Waals surface area contributed by atoms with E-state index in [0.717, 1.165) is 11.5 Å². The summed E-state index contributed by atoms with van der Waals surface area (Å²) in [7, 11) is 0. The molecule has 0 aromatic heterocycles. The number of rotatable bonds is 9. The monoisotopic (exact) mass is 246 g/mol. The van der Waals surface area contributed by atoms with Gasteiger partial charge >= 0.3 is 12.0 Å². The average Bonchev–Trinajstić information content (AvgIpc) is 2.24. The summed E-state index contributed by atoms with van der Waals surface area (Å²) < 4.78 is 0. The van der Waals surface area contributed by atoms with Crippen molar-refractivity contribution in [2.75, 3.05) is 24.6 Å². The van der Waals surface area contributed by atoms with Gasteiger partial charge in [0.1, 0.15) is 0 Å². The van der Waals surface area contributed by atoms with Crippen LogP contribution in [-0.2, 0) is 4.79 Å². The third kappa shape index (κ3) is 10.9. The number of nitrogens with one attached hydrogen (secondary N) is 2. The lowest BCUT2D eigenvalue weighted by Crippen LogP contribution is -2.37. The van der Waals surface area contributed by atoms with Crippen molar-refractivity contribution < 1.29 is 14.7 Å². The highest BCUT2D eigenvalue weighted by molar-refractivity contribution is 7.99. The predicted octanol–water partition coefficient (Wildman–Crippen LogP) is 1.07. The van der Waals surface area contributed by atoms with Gasteiger partial charge in [-0.05, 0) is 6.42 Å². The highest BCUT2D eigenvalue weighted by atomic mass is 32.2. The van der Waals surface area contributed by atoms with Crippen LogP contribution in [0.1, 0.15) is 12.8 Å². The molecule has 0 unspecified atom stereocenters. The van der Waals surface area contributed by atoms with Crippen molar-refractivity contribution in [3.05, 3.63) is 12.7 Å². The van der Waals surface area contributed by atoms with Crippen molar-refractivity contribution in [1.29, 1.82) is 0 Å². The lowest BCUT2D eigenvalue weighted by atomic mass is 10.3. The Balaban J connectivity index is 3.24. The number of urea groups is 1. The van der Waals surface area contributed by atoms with Gasteiger partial charge in [-0.25, -0.2) is 4.79 Å². The second kappa shape index (κ2) is 10.4. The minimum Gasteiger partial charge on any atom is -0.481 e. The molecule has 0 bridgehead atoms. The third-order valence-electron chi connectivity index (χ3n) is 1.62. The predicted molar refractivity (Wildman–Crippen MR) is 65.8 cm³/mol. The normalized spacial score (nSPS) is 9.50. The molecule has 0 atom stereocenters. The van der Waals surface area contributed by atoms with Crippen LogP contribution in [0, 0.1) is 0 Å². The Bertz CT molecular complexity index is 234. The van der Waals surface area contributed by atoms with Crippen molar-refractivity contribution in [1.82, 2.24) is 10.6 Å². The van der Waals surface area contributed by atoms with Crippen molar-refractivity contribution in [3.63, 3.8) is 0 Å². The van der Waals surface area contributed by atoms with Crippen LogP contribution >= 0.6 is 11.8 Å². The fourth-order valence-electron chi connectivity index (χ4n) is 0.907. The maximum absolute atomic E-state index is 11.1. The molecule has 0 aliphatic rings. The van der Waals surface area contributed by atoms with Crippen LogP contribution in [-0.4, -0.2) is 41.7 Å². The van der Waals surface area contributed by atoms with Gasteiger partial charge in [0.05, 0.1) is 0 Å². The smallest absolute Gasteiger partial charge is 0.314 e. The zero-order chi connectivity index (χ0) is 12.2. The molecule has 0 spiro atoms. The van der Waals surface area contributed by atoms with Gasteiger partial charge in [0.2, 0.25) is 0 Å². The number of hydrogen-bond donors (Lipinski definition) is 3. The zero-order valence-corrected chi connectivity index (χ0v) is 10.0. The first-order valence-electron chi connectivity index (χ1n) is 5.09. The summed E-state index contributed by atoms with van der Waals surface area (Å²) in [4.78, 5) is 21.3. The Morgan fingerprint density at radius 3 is 2.62 bits per heavy atom. The van der Waals surface area contributed by atoms with Crippen molar-refractivity contribution in [2.45, 2.75) is 12.8 Å². The first kappa shape index (κ1) is 14.8. The summed E-state index contributed by atoms with van der Waals surface area (Å²) in [5.74, 6) is 0.874. The topological polar surface area (TPSA) is 78.4 Å². The minimum atomic E-state index is -0.844. The minimum absolute atomic E-state index is 0.0788. The van der Waals surface area contributed by atoms with Crippen LogP contribution in [0.5, 0.6) is 0 Å². The second-order valence-corrected chi connectivity index (χ2v) is 4.19. The van der Waals surface area contributed by atoms with E-state index in [2.05, 4.69) is 17.2 Å². The molecule has 0 radical (unpaired) electrons. The number of carboxylic acid groups (broad SMARTS) is 1. The zero-order valence-electron chi connectivity index (χ0n) is 9.20. The molecule has 3 N–H and O–H groups in total. The molecule has 16 heavy (non-hydrogen) atoms. The molecule has 92 valence electrons. The van der Waals surface area contributed by atoms with Crippen LogP contribution < -0.4 is 10.6 Å². The van der Waals surface area contributed by atoms with Crippen LogP contribution in [0.3, 0.4) is 0 Å². The lowest BCUT2D eigenvalue weighted by molar-refractivity contribution is -0.137. The fourth-order valence-corrected chi connectivity index (χ4v) is 1.49. The van der Waals surface area contributed by atoms with Gasteiger partial charge in [-0.1, -0.05) is 6.08 Å². The van der Waals surface area contributed by atoms with E-state index in [1.54, 1.807) is 11.8 Å². The largest absolute Gasteiger partial charge is 0.481 e. The highest BCUT2D eigenvalue weighted by Crippen LogP contribution is 1.96. The standard InChI is InChI=1S/C10H18N2O3S/c1-2-7-16-8-6-12-10(15)11-5-3-4-9(13)14/h2H,1,3-8H2,(H,13,14)(H2,11,12,15). The molecule has 0 rings (SSSR count). The molecule has 0 aliphatic carbocycles. The van der Waals surface area contributed by atoms with Crippen LogP contribution in [0.15, 0.2) is 12.7 Å². The van der Waals surface area contributed by atoms with Crippen LogP contribution in [0.25, 0.3) is 0 Å². The van der Waals surface area contributed by atoms with Gasteiger partial charge in [-0.2, -0.15) is 11.8 Å². The number of thioether (sulfide) groups is 1. The van der Waals surface area contributed by atoms with E-state index < -0.39 is 5.97 Å². The Labute approximate surface area is 99.7 Å². The summed E-state index contributed by atoms with van der Waals surface area (Å²) >= 11 is 1.69.